The number of carbonyl (C=O) groups is 2. The molecule has 0 spiro atoms. The minimum Gasteiger partial charge on any atom is -0.360 e. The first-order chi connectivity index (χ1) is 13.6. The van der Waals surface area contributed by atoms with E-state index in [1.165, 1.54) is 11.3 Å². The molecule has 1 aliphatic heterocycles. The van der Waals surface area contributed by atoms with Crippen LogP contribution in [0.15, 0.2) is 38.7 Å². The summed E-state index contributed by atoms with van der Waals surface area (Å²) in [6.45, 7) is 4.25. The van der Waals surface area contributed by atoms with Gasteiger partial charge in [-0.2, -0.15) is 0 Å². The molecule has 0 bridgehead atoms. The number of nitrogens with zero attached hydrogens (tertiary/aromatic N) is 4. The second kappa shape index (κ2) is 7.95. The number of anilines is 1. The number of thiophene rings is 1. The van der Waals surface area contributed by atoms with E-state index in [-0.39, 0.29) is 18.4 Å². The summed E-state index contributed by atoms with van der Waals surface area (Å²) in [6, 6.07) is 7.18. The molecule has 28 heavy (non-hydrogen) atoms. The first-order valence-electron chi connectivity index (χ1n) is 8.84. The summed E-state index contributed by atoms with van der Waals surface area (Å²) in [5.74, 6) is 1.32. The molecule has 0 aromatic carbocycles. The van der Waals surface area contributed by atoms with Gasteiger partial charge in [-0.15, -0.1) is 11.3 Å². The van der Waals surface area contributed by atoms with Crippen molar-refractivity contribution in [1.82, 2.24) is 20.1 Å². The van der Waals surface area contributed by atoms with Crippen LogP contribution in [0.25, 0.3) is 10.6 Å². The molecule has 1 fully saturated rings. The Bertz CT molecular complexity index is 956. The highest BCUT2D eigenvalue weighted by atomic mass is 32.1. The predicted octanol–water partition coefficient (Wildman–Crippen LogP) is 2.10. The van der Waals surface area contributed by atoms with E-state index in [2.05, 4.69) is 15.6 Å². The number of aryl methyl sites for hydroxylation is 1. The van der Waals surface area contributed by atoms with E-state index in [1.54, 1.807) is 24.0 Å². The van der Waals surface area contributed by atoms with E-state index in [0.29, 0.717) is 49.2 Å². The zero-order valence-corrected chi connectivity index (χ0v) is 16.1. The lowest BCUT2D eigenvalue weighted by Crippen LogP contribution is -2.50. The van der Waals surface area contributed by atoms with Crippen molar-refractivity contribution in [3.05, 3.63) is 41.1 Å². The van der Waals surface area contributed by atoms with Gasteiger partial charge in [-0.25, -0.2) is 0 Å². The number of aromatic nitrogens is 2. The fraction of sp³-hybridized carbons (Fsp3) is 0.333. The molecule has 4 rings (SSSR count). The Labute approximate surface area is 164 Å². The number of rotatable bonds is 5. The molecule has 1 aliphatic rings. The molecule has 3 aromatic heterocycles. The molecule has 146 valence electrons. The molecule has 4 heterocycles. The Morgan fingerprint density at radius 2 is 2.00 bits per heavy atom. The molecule has 2 amide bonds. The Hall–Kier alpha value is -2.98. The molecular formula is C18H19N5O4S. The van der Waals surface area contributed by atoms with Gasteiger partial charge in [0.15, 0.2) is 17.3 Å². The lowest BCUT2D eigenvalue weighted by Gasteiger charge is -2.33. The Balaban J connectivity index is 1.28. The first kappa shape index (κ1) is 18.4. The molecule has 0 atom stereocenters. The fourth-order valence-corrected chi connectivity index (χ4v) is 3.67. The van der Waals surface area contributed by atoms with Crippen molar-refractivity contribution in [3.63, 3.8) is 0 Å². The number of hydrogen-bond acceptors (Lipinski definition) is 8. The van der Waals surface area contributed by atoms with E-state index in [4.69, 9.17) is 9.05 Å². The van der Waals surface area contributed by atoms with Gasteiger partial charge in [0.1, 0.15) is 5.76 Å². The van der Waals surface area contributed by atoms with E-state index in [1.807, 2.05) is 22.4 Å². The van der Waals surface area contributed by atoms with E-state index < -0.39 is 0 Å². The van der Waals surface area contributed by atoms with Crippen LogP contribution in [0.2, 0.25) is 0 Å². The summed E-state index contributed by atoms with van der Waals surface area (Å²) in [6.07, 6.45) is 0. The number of piperazine rings is 1. The highest BCUT2D eigenvalue weighted by Gasteiger charge is 2.26. The van der Waals surface area contributed by atoms with Crippen molar-refractivity contribution in [2.45, 2.75) is 6.92 Å². The summed E-state index contributed by atoms with van der Waals surface area (Å²) in [4.78, 5) is 29.4. The quantitative estimate of drug-likeness (QED) is 0.698. The second-order valence-corrected chi connectivity index (χ2v) is 7.44. The van der Waals surface area contributed by atoms with Crippen LogP contribution in [0.4, 0.5) is 5.82 Å². The number of amides is 2. The molecule has 0 unspecified atom stereocenters. The zero-order chi connectivity index (χ0) is 19.5. The van der Waals surface area contributed by atoms with Gasteiger partial charge in [0.25, 0.3) is 5.91 Å². The van der Waals surface area contributed by atoms with E-state index >= 15 is 0 Å². The molecule has 1 N–H and O–H groups in total. The molecule has 0 saturated carbocycles. The summed E-state index contributed by atoms with van der Waals surface area (Å²) in [5, 5.41) is 12.3. The maximum Gasteiger partial charge on any atom is 0.276 e. The van der Waals surface area contributed by atoms with Gasteiger partial charge in [-0.1, -0.05) is 16.4 Å². The number of hydrogen-bond donors (Lipinski definition) is 1. The Morgan fingerprint density at radius 3 is 2.68 bits per heavy atom. The van der Waals surface area contributed by atoms with Crippen LogP contribution in [-0.4, -0.2) is 64.7 Å². The van der Waals surface area contributed by atoms with Gasteiger partial charge in [-0.3, -0.25) is 14.5 Å². The largest absolute Gasteiger partial charge is 0.360 e. The molecule has 3 aromatic rings. The normalized spacial score (nSPS) is 15.0. The van der Waals surface area contributed by atoms with Crippen LogP contribution in [0.5, 0.6) is 0 Å². The van der Waals surface area contributed by atoms with Crippen molar-refractivity contribution in [2.75, 3.05) is 38.0 Å². The van der Waals surface area contributed by atoms with Crippen molar-refractivity contribution in [3.8, 4) is 10.6 Å². The van der Waals surface area contributed by atoms with E-state index in [0.717, 1.165) is 4.88 Å². The minimum absolute atomic E-state index is 0.159. The number of nitrogens with one attached hydrogen (secondary N) is 1. The number of carbonyl (C=O) groups excluding carboxylic acids is 2. The summed E-state index contributed by atoms with van der Waals surface area (Å²) >= 11 is 1.53. The van der Waals surface area contributed by atoms with Crippen LogP contribution < -0.4 is 5.32 Å². The van der Waals surface area contributed by atoms with Crippen molar-refractivity contribution >= 4 is 29.0 Å². The van der Waals surface area contributed by atoms with Crippen LogP contribution in [0.3, 0.4) is 0 Å². The minimum atomic E-state index is -0.162. The van der Waals surface area contributed by atoms with Crippen LogP contribution in [0.1, 0.15) is 16.2 Å². The van der Waals surface area contributed by atoms with Crippen LogP contribution in [-0.2, 0) is 4.79 Å². The Kier molecular flexibility index (Phi) is 5.22. The average Bonchev–Trinajstić information content (AvgIpc) is 3.43. The van der Waals surface area contributed by atoms with Gasteiger partial charge < -0.3 is 19.3 Å². The molecule has 10 heteroatoms. The summed E-state index contributed by atoms with van der Waals surface area (Å²) < 4.78 is 10.2. The summed E-state index contributed by atoms with van der Waals surface area (Å²) in [5.41, 5.74) is 0.302. The van der Waals surface area contributed by atoms with Gasteiger partial charge in [0, 0.05) is 38.3 Å². The SMILES string of the molecule is Cc1cc(NC(=O)CN2CCN(C(=O)c3cc(-c4cccs4)on3)CC2)no1. The van der Waals surface area contributed by atoms with Gasteiger partial charge in [0.05, 0.1) is 11.4 Å². The molecule has 9 nitrogen and oxygen atoms in total. The third kappa shape index (κ3) is 4.12. The van der Waals surface area contributed by atoms with Crippen molar-refractivity contribution < 1.29 is 18.6 Å². The smallest absolute Gasteiger partial charge is 0.276 e. The third-order valence-corrected chi connectivity index (χ3v) is 5.30. The molecule has 0 aliphatic carbocycles. The van der Waals surface area contributed by atoms with Gasteiger partial charge >= 0.3 is 0 Å². The first-order valence-corrected chi connectivity index (χ1v) is 9.72. The lowest BCUT2D eigenvalue weighted by atomic mass is 10.2. The third-order valence-electron chi connectivity index (χ3n) is 4.42. The van der Waals surface area contributed by atoms with Gasteiger partial charge in [-0.05, 0) is 18.4 Å². The maximum atomic E-state index is 12.6. The molecule has 0 radical (unpaired) electrons. The fourth-order valence-electron chi connectivity index (χ4n) is 2.99. The topological polar surface area (TPSA) is 105 Å². The maximum absolute atomic E-state index is 12.6. The van der Waals surface area contributed by atoms with Crippen molar-refractivity contribution in [1.29, 1.82) is 0 Å². The highest BCUT2D eigenvalue weighted by molar-refractivity contribution is 7.13. The standard InChI is InChI=1S/C18H19N5O4S/c1-12-9-16(21-26-12)19-17(24)11-22-4-6-23(7-5-22)18(25)13-10-14(27-20-13)15-3-2-8-28-15/h2-3,8-10H,4-7,11H2,1H3,(H,19,21,24). The van der Waals surface area contributed by atoms with E-state index in [9.17, 15) is 9.59 Å². The highest BCUT2D eigenvalue weighted by Crippen LogP contribution is 2.25. The molecule has 1 saturated heterocycles. The molecular weight excluding hydrogens is 382 g/mol. The Morgan fingerprint density at radius 1 is 1.18 bits per heavy atom. The second-order valence-electron chi connectivity index (χ2n) is 6.49. The summed E-state index contributed by atoms with van der Waals surface area (Å²) in [7, 11) is 0. The van der Waals surface area contributed by atoms with Crippen LogP contribution >= 0.6 is 11.3 Å². The van der Waals surface area contributed by atoms with Crippen molar-refractivity contribution in [2.24, 2.45) is 0 Å². The lowest BCUT2D eigenvalue weighted by molar-refractivity contribution is -0.117. The average molecular weight is 401 g/mol. The van der Waals surface area contributed by atoms with Crippen LogP contribution in [0, 0.1) is 6.92 Å². The predicted molar refractivity (Wildman–Crippen MR) is 102 cm³/mol. The monoisotopic (exact) mass is 401 g/mol. The zero-order valence-electron chi connectivity index (χ0n) is 15.3. The van der Waals surface area contributed by atoms with Gasteiger partial charge in [0.2, 0.25) is 5.91 Å².